The molecule has 4 nitrogen and oxygen atoms in total. The highest BCUT2D eigenvalue weighted by Gasteiger charge is 2.24. The zero-order valence-electron chi connectivity index (χ0n) is 20.6. The van der Waals surface area contributed by atoms with Gasteiger partial charge in [0.25, 0.3) is 0 Å². The summed E-state index contributed by atoms with van der Waals surface area (Å²) in [7, 11) is -4.05. The third-order valence-corrected chi connectivity index (χ3v) is 7.20. The normalized spacial score (nSPS) is 12.5. The molecule has 0 aliphatic rings. The Kier molecular flexibility index (Phi) is 19.5. The Balaban J connectivity index is 3.99. The van der Waals surface area contributed by atoms with E-state index in [2.05, 4.69) is 20.8 Å². The summed E-state index contributed by atoms with van der Waals surface area (Å²) in [6.45, 7) is 11.7. The molecule has 0 aromatic heterocycles. The summed E-state index contributed by atoms with van der Waals surface area (Å²) in [5, 5.41) is 0. The zero-order valence-corrected chi connectivity index (χ0v) is 21.5. The van der Waals surface area contributed by atoms with Crippen molar-refractivity contribution in [3.05, 3.63) is 0 Å². The van der Waals surface area contributed by atoms with Crippen molar-refractivity contribution in [2.75, 3.05) is 31.9 Å². The second kappa shape index (κ2) is 19.5. The molecule has 5 heteroatoms. The van der Waals surface area contributed by atoms with Gasteiger partial charge in [-0.05, 0) is 44.9 Å². The first-order chi connectivity index (χ1) is 14.4. The molecule has 0 amide bonds. The molecule has 0 rings (SSSR count). The lowest BCUT2D eigenvalue weighted by Gasteiger charge is -2.39. The quantitative estimate of drug-likeness (QED) is 0.0958. The van der Waals surface area contributed by atoms with E-state index in [0.29, 0.717) is 6.42 Å². The molecule has 0 saturated carbocycles. The first-order valence-corrected chi connectivity index (χ1v) is 14.8. The van der Waals surface area contributed by atoms with Gasteiger partial charge in [-0.1, -0.05) is 85.0 Å². The van der Waals surface area contributed by atoms with Crippen LogP contribution in [0.5, 0.6) is 0 Å². The number of quaternary nitrogens is 1. The monoisotopic (exact) mass is 447 g/mol. The predicted molar refractivity (Wildman–Crippen MR) is 130 cm³/mol. The lowest BCUT2D eigenvalue weighted by Crippen LogP contribution is -2.50. The molecule has 0 spiro atoms. The van der Waals surface area contributed by atoms with Crippen LogP contribution in [0.15, 0.2) is 0 Å². The van der Waals surface area contributed by atoms with E-state index < -0.39 is 10.1 Å². The molecule has 0 N–H and O–H groups in total. The van der Waals surface area contributed by atoms with Crippen LogP contribution in [0.25, 0.3) is 0 Å². The minimum atomic E-state index is -4.05. The van der Waals surface area contributed by atoms with Crippen molar-refractivity contribution in [3.8, 4) is 0 Å². The number of rotatable bonds is 23. The molecule has 0 aliphatic heterocycles. The van der Waals surface area contributed by atoms with Gasteiger partial charge in [0.15, 0.2) is 0 Å². The molecular formula is C25H53NO3S. The van der Waals surface area contributed by atoms with Gasteiger partial charge in [-0.15, -0.1) is 0 Å². The Labute approximate surface area is 189 Å². The predicted octanol–water partition coefficient (Wildman–Crippen LogP) is 7.04. The van der Waals surface area contributed by atoms with E-state index in [0.717, 1.165) is 19.4 Å². The Morgan fingerprint density at radius 3 is 1.23 bits per heavy atom. The highest BCUT2D eigenvalue weighted by atomic mass is 32.2. The van der Waals surface area contributed by atoms with Crippen molar-refractivity contribution in [2.45, 2.75) is 130 Å². The second-order valence-corrected chi connectivity index (χ2v) is 11.0. The molecule has 182 valence electrons. The van der Waals surface area contributed by atoms with E-state index in [4.69, 9.17) is 0 Å². The van der Waals surface area contributed by atoms with Crippen LogP contribution in [0.1, 0.15) is 130 Å². The largest absolute Gasteiger partial charge is 0.748 e. The molecule has 0 fully saturated rings. The molecule has 0 heterocycles. The van der Waals surface area contributed by atoms with E-state index in [1.165, 1.54) is 114 Å². The van der Waals surface area contributed by atoms with Gasteiger partial charge in [-0.3, -0.25) is 0 Å². The van der Waals surface area contributed by atoms with Crippen molar-refractivity contribution < 1.29 is 17.5 Å². The third kappa shape index (κ3) is 18.6. The summed E-state index contributed by atoms with van der Waals surface area (Å²) < 4.78 is 33.5. The molecule has 0 radical (unpaired) electrons. The van der Waals surface area contributed by atoms with Gasteiger partial charge < -0.3 is 9.04 Å². The molecular weight excluding hydrogens is 394 g/mol. The van der Waals surface area contributed by atoms with E-state index in [-0.39, 0.29) is 5.75 Å². The Hall–Kier alpha value is -0.130. The van der Waals surface area contributed by atoms with Crippen molar-refractivity contribution in [1.29, 1.82) is 0 Å². The number of hydrogen-bond donors (Lipinski definition) is 0. The SMILES string of the molecule is CCCCCCCCCCCCCC[N+](CCC)(CCC)CCCCCS(=O)(=O)[O-]. The minimum Gasteiger partial charge on any atom is -0.748 e. The molecule has 0 saturated heterocycles. The molecule has 0 bridgehead atoms. The highest BCUT2D eigenvalue weighted by Crippen LogP contribution is 2.17. The summed E-state index contributed by atoms with van der Waals surface area (Å²) in [4.78, 5) is 0. The van der Waals surface area contributed by atoms with Crippen LogP contribution in [0.2, 0.25) is 0 Å². The molecule has 0 aromatic rings. The lowest BCUT2D eigenvalue weighted by molar-refractivity contribution is -0.928. The summed E-state index contributed by atoms with van der Waals surface area (Å²) in [6.07, 6.45) is 21.5. The third-order valence-electron chi connectivity index (χ3n) is 6.41. The summed E-state index contributed by atoms with van der Waals surface area (Å²) >= 11 is 0. The Morgan fingerprint density at radius 1 is 0.500 bits per heavy atom. The topological polar surface area (TPSA) is 57.2 Å². The molecule has 0 atom stereocenters. The first-order valence-electron chi connectivity index (χ1n) is 13.2. The lowest BCUT2D eigenvalue weighted by atomic mass is 10.0. The molecule has 0 aromatic carbocycles. The molecule has 0 aliphatic carbocycles. The van der Waals surface area contributed by atoms with Crippen LogP contribution in [-0.4, -0.2) is 49.4 Å². The molecule has 0 unspecified atom stereocenters. The maximum absolute atomic E-state index is 10.8. The fraction of sp³-hybridized carbons (Fsp3) is 1.00. The van der Waals surface area contributed by atoms with E-state index in [9.17, 15) is 13.0 Å². The van der Waals surface area contributed by atoms with Crippen LogP contribution >= 0.6 is 0 Å². The average Bonchev–Trinajstić information content (AvgIpc) is 2.68. The number of nitrogens with zero attached hydrogens (tertiary/aromatic N) is 1. The summed E-state index contributed by atoms with van der Waals surface area (Å²) in [5.41, 5.74) is 0. The average molecular weight is 448 g/mol. The van der Waals surface area contributed by atoms with Gasteiger partial charge in [0, 0.05) is 5.75 Å². The fourth-order valence-corrected chi connectivity index (χ4v) is 5.37. The van der Waals surface area contributed by atoms with E-state index >= 15 is 0 Å². The van der Waals surface area contributed by atoms with Gasteiger partial charge in [0.05, 0.1) is 36.3 Å². The van der Waals surface area contributed by atoms with Gasteiger partial charge in [0.1, 0.15) is 0 Å². The van der Waals surface area contributed by atoms with E-state index in [1.54, 1.807) is 0 Å². The van der Waals surface area contributed by atoms with Crippen molar-refractivity contribution in [3.63, 3.8) is 0 Å². The highest BCUT2D eigenvalue weighted by molar-refractivity contribution is 7.85. The van der Waals surface area contributed by atoms with Crippen LogP contribution in [0.4, 0.5) is 0 Å². The van der Waals surface area contributed by atoms with Crippen LogP contribution < -0.4 is 0 Å². The van der Waals surface area contributed by atoms with Gasteiger partial charge >= 0.3 is 0 Å². The van der Waals surface area contributed by atoms with Crippen molar-refractivity contribution in [2.24, 2.45) is 0 Å². The van der Waals surface area contributed by atoms with E-state index in [1.807, 2.05) is 0 Å². The summed E-state index contributed by atoms with van der Waals surface area (Å²) in [5.74, 6) is -0.201. The Bertz CT molecular complexity index is 459. The van der Waals surface area contributed by atoms with Crippen LogP contribution in [0, 0.1) is 0 Å². The standard InChI is InChI=1S/C25H53NO3S/c1-4-7-8-9-10-11-12-13-14-15-16-18-23-26(21-5-2,22-6-3)24-19-17-20-25-30(27,28)29/h4-25H2,1-3H3. The zero-order chi connectivity index (χ0) is 22.6. The maximum Gasteiger partial charge on any atom is 0.0945 e. The van der Waals surface area contributed by atoms with Crippen molar-refractivity contribution >= 4 is 10.1 Å². The maximum atomic E-state index is 10.8. The second-order valence-electron chi connectivity index (χ2n) is 9.45. The van der Waals surface area contributed by atoms with Crippen LogP contribution in [-0.2, 0) is 10.1 Å². The first kappa shape index (κ1) is 29.9. The Morgan fingerprint density at radius 2 is 0.867 bits per heavy atom. The van der Waals surface area contributed by atoms with Crippen molar-refractivity contribution in [1.82, 2.24) is 0 Å². The summed E-state index contributed by atoms with van der Waals surface area (Å²) in [6, 6.07) is 0. The van der Waals surface area contributed by atoms with Gasteiger partial charge in [0.2, 0.25) is 0 Å². The minimum absolute atomic E-state index is 0.201. The number of hydrogen-bond acceptors (Lipinski definition) is 3. The fourth-order valence-electron chi connectivity index (χ4n) is 4.81. The van der Waals surface area contributed by atoms with Gasteiger partial charge in [-0.25, -0.2) is 8.42 Å². The van der Waals surface area contributed by atoms with Gasteiger partial charge in [-0.2, -0.15) is 0 Å². The smallest absolute Gasteiger partial charge is 0.0945 e. The number of unbranched alkanes of at least 4 members (excludes halogenated alkanes) is 13. The molecule has 30 heavy (non-hydrogen) atoms. The van der Waals surface area contributed by atoms with Crippen LogP contribution in [0.3, 0.4) is 0 Å².